The van der Waals surface area contributed by atoms with Crippen LogP contribution in [0.5, 0.6) is 11.5 Å². The van der Waals surface area contributed by atoms with Crippen LogP contribution in [-0.2, 0) is 10.2 Å². The Balaban J connectivity index is 1.19. The normalized spacial score (nSPS) is 14.1. The summed E-state index contributed by atoms with van der Waals surface area (Å²) in [7, 11) is 0. The molecule has 1 N–H and O–H groups in total. The molecule has 1 aliphatic carbocycles. The topological polar surface area (TPSA) is 94.8 Å². The Bertz CT molecular complexity index is 1550. The van der Waals surface area contributed by atoms with Crippen molar-refractivity contribution in [3.05, 3.63) is 106 Å². The maximum absolute atomic E-state index is 12.7. The zero-order valence-electron chi connectivity index (χ0n) is 22.8. The predicted molar refractivity (Wildman–Crippen MR) is 153 cm³/mol. The fourth-order valence-electron chi connectivity index (χ4n) is 5.12. The van der Waals surface area contributed by atoms with Crippen LogP contribution in [0.1, 0.15) is 67.4 Å². The second-order valence-electron chi connectivity index (χ2n) is 10.7. The van der Waals surface area contributed by atoms with Gasteiger partial charge in [-0.25, -0.2) is 9.59 Å². The molecule has 3 aromatic carbocycles. The van der Waals surface area contributed by atoms with Crippen LogP contribution in [0.15, 0.2) is 88.1 Å². The van der Waals surface area contributed by atoms with E-state index in [-0.39, 0.29) is 35.0 Å². The highest BCUT2D eigenvalue weighted by Crippen LogP contribution is 2.32. The number of esters is 1. The zero-order valence-corrected chi connectivity index (χ0v) is 22.8. The lowest BCUT2D eigenvalue weighted by molar-refractivity contribution is -0.136. The molecule has 4 aromatic rings. The van der Waals surface area contributed by atoms with Crippen LogP contribution in [0.4, 0.5) is 0 Å². The predicted octanol–water partition coefficient (Wildman–Crippen LogP) is 6.17. The lowest BCUT2D eigenvalue weighted by atomic mass is 9.78. The van der Waals surface area contributed by atoms with Gasteiger partial charge in [0.15, 0.2) is 6.61 Å². The van der Waals surface area contributed by atoms with E-state index in [0.717, 1.165) is 31.2 Å². The summed E-state index contributed by atoms with van der Waals surface area (Å²) in [5, 5.41) is 3.50. The first kappa shape index (κ1) is 27.2. The average Bonchev–Trinajstić information content (AvgIpc) is 2.97. The molecule has 0 aliphatic heterocycles. The minimum absolute atomic E-state index is 0.0330. The number of nitrogens with one attached hydrogen (secondary N) is 1. The van der Waals surface area contributed by atoms with E-state index in [4.69, 9.17) is 13.9 Å². The number of hydrogen-bond donors (Lipinski definition) is 1. The molecule has 0 radical (unpaired) electrons. The highest BCUT2D eigenvalue weighted by atomic mass is 16.6. The first-order valence-corrected chi connectivity index (χ1v) is 13.7. The lowest BCUT2D eigenvalue weighted by Gasteiger charge is -2.26. The Morgan fingerprint density at radius 3 is 2.27 bits per heavy atom. The fraction of sp³-hybridized carbons (Fsp3) is 0.303. The molecule has 206 valence electrons. The molecule has 1 saturated carbocycles. The number of amides is 1. The van der Waals surface area contributed by atoms with Crippen molar-refractivity contribution in [2.45, 2.75) is 57.4 Å². The minimum atomic E-state index is -0.730. The molecular formula is C33H33NO6. The van der Waals surface area contributed by atoms with Crippen LogP contribution in [-0.4, -0.2) is 24.5 Å². The molecule has 0 saturated heterocycles. The summed E-state index contributed by atoms with van der Waals surface area (Å²) < 4.78 is 16.4. The number of rotatable bonds is 8. The molecule has 40 heavy (non-hydrogen) atoms. The molecule has 5 rings (SSSR count). The lowest BCUT2D eigenvalue weighted by Crippen LogP contribution is -2.38. The number of fused-ring (bicyclic) bond motifs is 1. The first-order chi connectivity index (χ1) is 19.3. The van der Waals surface area contributed by atoms with E-state index in [1.54, 1.807) is 12.1 Å². The Morgan fingerprint density at radius 2 is 1.55 bits per heavy atom. The van der Waals surface area contributed by atoms with E-state index in [2.05, 4.69) is 31.3 Å². The molecule has 7 nitrogen and oxygen atoms in total. The van der Waals surface area contributed by atoms with Gasteiger partial charge in [0, 0.05) is 22.9 Å². The van der Waals surface area contributed by atoms with E-state index in [1.165, 1.54) is 24.1 Å². The number of hydrogen-bond acceptors (Lipinski definition) is 6. The summed E-state index contributed by atoms with van der Waals surface area (Å²) in [6, 6.07) is 24.2. The maximum atomic E-state index is 12.7. The van der Waals surface area contributed by atoms with Crippen LogP contribution in [0.25, 0.3) is 11.0 Å². The summed E-state index contributed by atoms with van der Waals surface area (Å²) in [6.45, 7) is 4.03. The Kier molecular flexibility index (Phi) is 8.01. The first-order valence-electron chi connectivity index (χ1n) is 13.7. The molecule has 0 bridgehead atoms. The summed E-state index contributed by atoms with van der Waals surface area (Å²) in [5.41, 5.74) is 1.62. The Hall–Kier alpha value is -4.39. The van der Waals surface area contributed by atoms with Gasteiger partial charge in [0.1, 0.15) is 22.6 Å². The van der Waals surface area contributed by atoms with Gasteiger partial charge in [-0.05, 0) is 54.3 Å². The van der Waals surface area contributed by atoms with Crippen LogP contribution in [0, 0.1) is 0 Å². The van der Waals surface area contributed by atoms with Crippen LogP contribution in [0.2, 0.25) is 0 Å². The summed E-state index contributed by atoms with van der Waals surface area (Å²) in [4.78, 5) is 37.6. The van der Waals surface area contributed by atoms with Crippen LogP contribution < -0.4 is 20.4 Å². The third-order valence-corrected chi connectivity index (χ3v) is 7.55. The minimum Gasteiger partial charge on any atom is -0.482 e. The number of carbonyl (C=O) groups is 2. The molecule has 0 spiro atoms. The van der Waals surface area contributed by atoms with Crippen molar-refractivity contribution >= 4 is 22.8 Å². The van der Waals surface area contributed by atoms with Crippen molar-refractivity contribution in [1.82, 2.24) is 5.32 Å². The number of ether oxygens (including phenoxy) is 2. The van der Waals surface area contributed by atoms with E-state index < -0.39 is 17.5 Å². The molecule has 1 fully saturated rings. The van der Waals surface area contributed by atoms with Gasteiger partial charge in [-0.3, -0.25) is 4.79 Å². The molecule has 0 unspecified atom stereocenters. The third-order valence-electron chi connectivity index (χ3n) is 7.55. The molecule has 1 heterocycles. The van der Waals surface area contributed by atoms with E-state index in [0.29, 0.717) is 11.1 Å². The van der Waals surface area contributed by atoms with Crippen LogP contribution >= 0.6 is 0 Å². The Morgan fingerprint density at radius 1 is 0.875 bits per heavy atom. The van der Waals surface area contributed by atoms with Crippen molar-refractivity contribution in [1.29, 1.82) is 0 Å². The number of benzene rings is 3. The van der Waals surface area contributed by atoms with Gasteiger partial charge < -0.3 is 19.2 Å². The van der Waals surface area contributed by atoms with Crippen LogP contribution in [0.3, 0.4) is 0 Å². The summed E-state index contributed by atoms with van der Waals surface area (Å²) >= 11 is 0. The monoisotopic (exact) mass is 539 g/mol. The van der Waals surface area contributed by atoms with Crippen molar-refractivity contribution in [2.24, 2.45) is 0 Å². The van der Waals surface area contributed by atoms with E-state index in [9.17, 15) is 14.4 Å². The molecule has 0 atom stereocenters. The van der Waals surface area contributed by atoms with Crippen molar-refractivity contribution < 1.29 is 23.5 Å². The molecule has 1 amide bonds. The molecule has 7 heteroatoms. The van der Waals surface area contributed by atoms with Gasteiger partial charge in [0.05, 0.1) is 0 Å². The van der Waals surface area contributed by atoms with Crippen molar-refractivity contribution in [2.75, 3.05) is 6.61 Å². The second-order valence-corrected chi connectivity index (χ2v) is 10.7. The van der Waals surface area contributed by atoms with Gasteiger partial charge >= 0.3 is 11.6 Å². The smallest absolute Gasteiger partial charge is 0.349 e. The van der Waals surface area contributed by atoms with Crippen molar-refractivity contribution in [3.8, 4) is 11.5 Å². The molecule has 1 aliphatic rings. The van der Waals surface area contributed by atoms with E-state index in [1.807, 2.05) is 42.5 Å². The third kappa shape index (κ3) is 6.25. The summed E-state index contributed by atoms with van der Waals surface area (Å²) in [5.74, 6) is -0.262. The molecular weight excluding hydrogens is 506 g/mol. The highest BCUT2D eigenvalue weighted by Gasteiger charge is 2.23. The quantitative estimate of drug-likeness (QED) is 0.164. The van der Waals surface area contributed by atoms with E-state index >= 15 is 0 Å². The largest absolute Gasteiger partial charge is 0.482 e. The molecule has 1 aromatic heterocycles. The van der Waals surface area contributed by atoms with Gasteiger partial charge in [-0.2, -0.15) is 0 Å². The standard InChI is InChI=1S/C33H33NO6/c1-33(2,23-9-5-3-6-10-23)24-14-17-26(18-15-24)38-21-30(35)39-27-16-13-22-19-28(32(37)40-29(22)20-27)31(36)34-25-11-7-4-8-12-25/h3,5-6,9-10,13-20,25H,4,7-8,11-12,21H2,1-2H3,(H,34,36). The van der Waals surface area contributed by atoms with Gasteiger partial charge in [-0.1, -0.05) is 75.6 Å². The zero-order chi connectivity index (χ0) is 28.1. The van der Waals surface area contributed by atoms with Gasteiger partial charge in [-0.15, -0.1) is 0 Å². The fourth-order valence-corrected chi connectivity index (χ4v) is 5.12. The highest BCUT2D eigenvalue weighted by molar-refractivity contribution is 5.97. The SMILES string of the molecule is CC(C)(c1ccccc1)c1ccc(OCC(=O)Oc2ccc3cc(C(=O)NC4CCCCC4)c(=O)oc3c2)cc1. The second kappa shape index (κ2) is 11.8. The maximum Gasteiger partial charge on any atom is 0.349 e. The van der Waals surface area contributed by atoms with Crippen molar-refractivity contribution in [3.63, 3.8) is 0 Å². The Labute approximate surface area is 233 Å². The number of carbonyl (C=O) groups excluding carboxylic acids is 2. The summed E-state index contributed by atoms with van der Waals surface area (Å²) in [6.07, 6.45) is 5.15. The van der Waals surface area contributed by atoms with Gasteiger partial charge in [0.25, 0.3) is 5.91 Å². The average molecular weight is 540 g/mol. The van der Waals surface area contributed by atoms with Gasteiger partial charge in [0.2, 0.25) is 0 Å².